The largest absolute Gasteiger partial charge is 0.379 e. The predicted molar refractivity (Wildman–Crippen MR) is 101 cm³/mol. The van der Waals surface area contributed by atoms with Crippen LogP contribution in [0.5, 0.6) is 0 Å². The van der Waals surface area contributed by atoms with Crippen molar-refractivity contribution in [2.75, 3.05) is 31.6 Å². The number of amides is 1. The highest BCUT2D eigenvalue weighted by atomic mass is 16.5. The van der Waals surface area contributed by atoms with Crippen molar-refractivity contribution < 1.29 is 9.53 Å². The van der Waals surface area contributed by atoms with E-state index in [9.17, 15) is 4.79 Å². The van der Waals surface area contributed by atoms with Crippen LogP contribution < -0.4 is 5.32 Å². The number of nitrogens with one attached hydrogen (secondary N) is 1. The number of benzene rings is 2. The minimum atomic E-state index is -0.296. The quantitative estimate of drug-likeness (QED) is 0.901. The van der Waals surface area contributed by atoms with Crippen LogP contribution in [0.1, 0.15) is 36.9 Å². The molecule has 1 aliphatic rings. The van der Waals surface area contributed by atoms with Gasteiger partial charge in [-0.15, -0.1) is 0 Å². The zero-order chi connectivity index (χ0) is 17.6. The fourth-order valence-electron chi connectivity index (χ4n) is 3.16. The molecular weight excluding hydrogens is 312 g/mol. The second-order valence-corrected chi connectivity index (χ2v) is 6.73. The highest BCUT2D eigenvalue weighted by Crippen LogP contribution is 2.24. The molecule has 0 aromatic heterocycles. The molecule has 0 bridgehead atoms. The van der Waals surface area contributed by atoms with Crippen molar-refractivity contribution in [3.63, 3.8) is 0 Å². The number of carbonyl (C=O) groups excluding carboxylic acids is 1. The molecule has 1 fully saturated rings. The highest BCUT2D eigenvalue weighted by molar-refractivity contribution is 5.95. The molecule has 25 heavy (non-hydrogen) atoms. The summed E-state index contributed by atoms with van der Waals surface area (Å²) in [6, 6.07) is 17.8. The van der Waals surface area contributed by atoms with E-state index in [1.165, 1.54) is 5.56 Å². The van der Waals surface area contributed by atoms with E-state index in [1.807, 2.05) is 42.5 Å². The molecule has 0 spiro atoms. The van der Waals surface area contributed by atoms with Crippen LogP contribution in [0, 0.1) is 0 Å². The first-order valence-corrected chi connectivity index (χ1v) is 8.92. The van der Waals surface area contributed by atoms with Crippen LogP contribution in [0.15, 0.2) is 54.6 Å². The number of morpholine rings is 1. The number of hydrogen-bond acceptors (Lipinski definition) is 3. The second-order valence-electron chi connectivity index (χ2n) is 6.73. The maximum absolute atomic E-state index is 13.0. The standard InChI is InChI=1S/C21H26N2O2/c1-16(2)17-8-10-19(11-9-17)22-21(24)20(18-6-4-3-5-7-18)23-12-14-25-15-13-23/h3-11,16,20H,12-15H2,1-2H3,(H,22,24)/t20-/m0/s1. The molecule has 0 radical (unpaired) electrons. The lowest BCUT2D eigenvalue weighted by Crippen LogP contribution is -2.43. The zero-order valence-corrected chi connectivity index (χ0v) is 14.9. The molecular formula is C21H26N2O2. The number of nitrogens with zero attached hydrogens (tertiary/aromatic N) is 1. The van der Waals surface area contributed by atoms with E-state index in [-0.39, 0.29) is 11.9 Å². The molecule has 3 rings (SSSR count). The molecule has 132 valence electrons. The van der Waals surface area contributed by atoms with Gasteiger partial charge in [0, 0.05) is 18.8 Å². The van der Waals surface area contributed by atoms with Crippen LogP contribution in [0.25, 0.3) is 0 Å². The van der Waals surface area contributed by atoms with E-state index in [1.54, 1.807) is 0 Å². The van der Waals surface area contributed by atoms with Crippen LogP contribution in [0.3, 0.4) is 0 Å². The molecule has 1 heterocycles. The Kier molecular flexibility index (Phi) is 5.84. The number of ether oxygens (including phenoxy) is 1. The van der Waals surface area contributed by atoms with Gasteiger partial charge in [0.05, 0.1) is 13.2 Å². The van der Waals surface area contributed by atoms with Crippen molar-refractivity contribution in [3.8, 4) is 0 Å². The summed E-state index contributed by atoms with van der Waals surface area (Å²) in [7, 11) is 0. The number of anilines is 1. The van der Waals surface area contributed by atoms with Gasteiger partial charge in [0.2, 0.25) is 5.91 Å². The van der Waals surface area contributed by atoms with E-state index in [0.717, 1.165) is 24.3 Å². The molecule has 2 aromatic carbocycles. The maximum Gasteiger partial charge on any atom is 0.246 e. The first-order valence-electron chi connectivity index (χ1n) is 8.92. The Bertz CT molecular complexity index is 677. The Morgan fingerprint density at radius 2 is 1.60 bits per heavy atom. The Hall–Kier alpha value is -2.17. The van der Waals surface area contributed by atoms with Gasteiger partial charge >= 0.3 is 0 Å². The molecule has 0 aliphatic carbocycles. The molecule has 1 saturated heterocycles. The molecule has 4 nitrogen and oxygen atoms in total. The predicted octanol–water partition coefficient (Wildman–Crippen LogP) is 3.82. The molecule has 1 N–H and O–H groups in total. The second kappa shape index (κ2) is 8.28. The maximum atomic E-state index is 13.0. The van der Waals surface area contributed by atoms with Gasteiger partial charge in [-0.1, -0.05) is 56.3 Å². The van der Waals surface area contributed by atoms with E-state index in [2.05, 4.69) is 36.2 Å². The first-order chi connectivity index (χ1) is 12.1. The van der Waals surface area contributed by atoms with Crippen LogP contribution in [-0.2, 0) is 9.53 Å². The van der Waals surface area contributed by atoms with Crippen LogP contribution in [0.4, 0.5) is 5.69 Å². The van der Waals surface area contributed by atoms with Gasteiger partial charge in [0.1, 0.15) is 6.04 Å². The lowest BCUT2D eigenvalue weighted by atomic mass is 10.0. The highest BCUT2D eigenvalue weighted by Gasteiger charge is 2.29. The van der Waals surface area contributed by atoms with Crippen molar-refractivity contribution in [1.29, 1.82) is 0 Å². The Labute approximate surface area is 149 Å². The van der Waals surface area contributed by atoms with Crippen molar-refractivity contribution >= 4 is 11.6 Å². The van der Waals surface area contributed by atoms with Gasteiger partial charge in [-0.2, -0.15) is 0 Å². The number of hydrogen-bond donors (Lipinski definition) is 1. The number of carbonyl (C=O) groups is 1. The molecule has 1 atom stereocenters. The summed E-state index contributed by atoms with van der Waals surface area (Å²) in [5.74, 6) is 0.487. The fourth-order valence-corrected chi connectivity index (χ4v) is 3.16. The minimum Gasteiger partial charge on any atom is -0.379 e. The van der Waals surface area contributed by atoms with E-state index in [0.29, 0.717) is 19.1 Å². The van der Waals surface area contributed by atoms with Gasteiger partial charge in [-0.25, -0.2) is 0 Å². The summed E-state index contributed by atoms with van der Waals surface area (Å²) in [5.41, 5.74) is 3.12. The van der Waals surface area contributed by atoms with E-state index in [4.69, 9.17) is 4.74 Å². The summed E-state index contributed by atoms with van der Waals surface area (Å²) in [6.45, 7) is 7.19. The Morgan fingerprint density at radius 3 is 2.20 bits per heavy atom. The lowest BCUT2D eigenvalue weighted by molar-refractivity contribution is -0.123. The van der Waals surface area contributed by atoms with Crippen molar-refractivity contribution in [3.05, 3.63) is 65.7 Å². The summed E-state index contributed by atoms with van der Waals surface area (Å²) in [4.78, 5) is 15.2. The van der Waals surface area contributed by atoms with Crippen LogP contribution in [-0.4, -0.2) is 37.1 Å². The van der Waals surface area contributed by atoms with Crippen LogP contribution in [0.2, 0.25) is 0 Å². The summed E-state index contributed by atoms with van der Waals surface area (Å²) < 4.78 is 5.45. The lowest BCUT2D eigenvalue weighted by Gasteiger charge is -2.33. The first kappa shape index (κ1) is 17.6. The van der Waals surface area contributed by atoms with Gasteiger partial charge < -0.3 is 10.1 Å². The monoisotopic (exact) mass is 338 g/mol. The molecule has 2 aromatic rings. The SMILES string of the molecule is CC(C)c1ccc(NC(=O)[C@H](c2ccccc2)N2CCOCC2)cc1. The van der Waals surface area contributed by atoms with Gasteiger partial charge in [-0.3, -0.25) is 9.69 Å². The molecule has 0 unspecified atom stereocenters. The van der Waals surface area contributed by atoms with Crippen molar-refractivity contribution in [2.45, 2.75) is 25.8 Å². The Balaban J connectivity index is 1.79. The van der Waals surface area contributed by atoms with Crippen molar-refractivity contribution in [2.24, 2.45) is 0 Å². The molecule has 1 aliphatic heterocycles. The third-order valence-corrected chi connectivity index (χ3v) is 4.62. The molecule has 1 amide bonds. The fraction of sp³-hybridized carbons (Fsp3) is 0.381. The molecule has 4 heteroatoms. The van der Waals surface area contributed by atoms with E-state index < -0.39 is 0 Å². The Morgan fingerprint density at radius 1 is 0.960 bits per heavy atom. The zero-order valence-electron chi connectivity index (χ0n) is 14.9. The summed E-state index contributed by atoms with van der Waals surface area (Å²) in [5, 5.41) is 3.08. The van der Waals surface area contributed by atoms with Crippen LogP contribution >= 0.6 is 0 Å². The average molecular weight is 338 g/mol. The van der Waals surface area contributed by atoms with Gasteiger partial charge in [0.25, 0.3) is 0 Å². The third kappa shape index (κ3) is 4.47. The summed E-state index contributed by atoms with van der Waals surface area (Å²) >= 11 is 0. The van der Waals surface area contributed by atoms with Gasteiger partial charge in [-0.05, 0) is 29.2 Å². The average Bonchev–Trinajstić information content (AvgIpc) is 2.64. The normalized spacial score (nSPS) is 16.6. The van der Waals surface area contributed by atoms with E-state index >= 15 is 0 Å². The smallest absolute Gasteiger partial charge is 0.246 e. The minimum absolute atomic E-state index is 0.00500. The van der Waals surface area contributed by atoms with Crippen molar-refractivity contribution in [1.82, 2.24) is 4.90 Å². The van der Waals surface area contributed by atoms with Gasteiger partial charge in [0.15, 0.2) is 0 Å². The molecule has 0 saturated carbocycles. The third-order valence-electron chi connectivity index (χ3n) is 4.62. The summed E-state index contributed by atoms with van der Waals surface area (Å²) in [6.07, 6.45) is 0. The number of rotatable bonds is 5. The topological polar surface area (TPSA) is 41.6 Å².